The number of hydrogen-bond acceptors (Lipinski definition) is 0. The van der Waals surface area contributed by atoms with Crippen LogP contribution in [0.5, 0.6) is 0 Å². The molecule has 0 radical (unpaired) electrons. The quantitative estimate of drug-likeness (QED) is 0.185. The van der Waals surface area contributed by atoms with Crippen molar-refractivity contribution >= 4 is 65.2 Å². The zero-order valence-electron chi connectivity index (χ0n) is 28.6. The summed E-state index contributed by atoms with van der Waals surface area (Å²) in [6, 6.07) is 46.0. The predicted molar refractivity (Wildman–Crippen MR) is 208 cm³/mol. The normalized spacial score (nSPS) is 12.3. The van der Waals surface area contributed by atoms with Crippen LogP contribution in [0.4, 0.5) is 0 Å². The van der Waals surface area contributed by atoms with Crippen molar-refractivity contribution in [2.75, 3.05) is 0 Å². The van der Waals surface area contributed by atoms with Crippen molar-refractivity contribution in [3.63, 3.8) is 0 Å². The number of aromatic nitrogens is 2. The van der Waals surface area contributed by atoms with Gasteiger partial charge in [-0.05, 0) is 102 Å². The van der Waals surface area contributed by atoms with Crippen LogP contribution in [0, 0.1) is 13.8 Å². The van der Waals surface area contributed by atoms with E-state index in [0.29, 0.717) is 5.92 Å². The van der Waals surface area contributed by atoms with Crippen LogP contribution in [0.25, 0.3) is 82.0 Å². The predicted octanol–water partition coefficient (Wildman–Crippen LogP) is 13.2. The molecule has 0 N–H and O–H groups in total. The third-order valence-electron chi connectivity index (χ3n) is 10.6. The molecule has 7 aromatic carbocycles. The number of hydrogen-bond donors (Lipinski definition) is 0. The Morgan fingerprint density at radius 1 is 0.458 bits per heavy atom. The molecule has 0 spiro atoms. The first-order valence-electron chi connectivity index (χ1n) is 17.3. The lowest BCUT2D eigenvalue weighted by Crippen LogP contribution is -2.03. The standard InChI is InChI=1S/C46H40N2/c1-27(2)39-21-30(6)42(22-29(39)5)48-44-26-34-16-10-8-14-32(34)24-41(44)38-20-12-18-36(46(38)48)35-17-11-19-37-40-23-31-13-7-9-15-33(31)25-43(40)47(28(3)4)45(35)37/h7-28H,1-6H3. The van der Waals surface area contributed by atoms with Gasteiger partial charge in [-0.25, -0.2) is 0 Å². The minimum Gasteiger partial charge on any atom is -0.337 e. The Hall–Kier alpha value is -5.34. The maximum Gasteiger partial charge on any atom is 0.0620 e. The molecule has 0 amide bonds. The van der Waals surface area contributed by atoms with Crippen molar-refractivity contribution < 1.29 is 0 Å². The molecule has 2 heterocycles. The summed E-state index contributed by atoms with van der Waals surface area (Å²) in [4.78, 5) is 0. The van der Waals surface area contributed by atoms with Crippen LogP contribution in [0.1, 0.15) is 56.3 Å². The van der Waals surface area contributed by atoms with Crippen LogP contribution in [0.3, 0.4) is 0 Å². The van der Waals surface area contributed by atoms with E-state index in [1.54, 1.807) is 0 Å². The zero-order valence-corrected chi connectivity index (χ0v) is 28.6. The molecule has 0 saturated heterocycles. The number of benzene rings is 7. The molecule has 2 aromatic heterocycles. The fourth-order valence-corrected chi connectivity index (χ4v) is 8.44. The van der Waals surface area contributed by atoms with Gasteiger partial charge < -0.3 is 9.13 Å². The summed E-state index contributed by atoms with van der Waals surface area (Å²) in [7, 11) is 0. The number of fused-ring (bicyclic) bond motifs is 8. The van der Waals surface area contributed by atoms with E-state index in [2.05, 4.69) is 172 Å². The molecular weight excluding hydrogens is 581 g/mol. The fourth-order valence-electron chi connectivity index (χ4n) is 8.44. The van der Waals surface area contributed by atoms with Gasteiger partial charge in [0.25, 0.3) is 0 Å². The maximum absolute atomic E-state index is 2.57. The van der Waals surface area contributed by atoms with Crippen LogP contribution in [-0.4, -0.2) is 9.13 Å². The van der Waals surface area contributed by atoms with Crippen molar-refractivity contribution in [3.05, 3.63) is 138 Å². The first-order valence-corrected chi connectivity index (χ1v) is 17.3. The van der Waals surface area contributed by atoms with Gasteiger partial charge in [0.1, 0.15) is 0 Å². The van der Waals surface area contributed by atoms with Crippen molar-refractivity contribution in [1.82, 2.24) is 9.13 Å². The second-order valence-corrected chi connectivity index (χ2v) is 14.3. The molecule has 0 aliphatic rings. The fraction of sp³-hybridized carbons (Fsp3) is 0.174. The van der Waals surface area contributed by atoms with Gasteiger partial charge in [0.05, 0.1) is 16.6 Å². The van der Waals surface area contributed by atoms with E-state index in [9.17, 15) is 0 Å². The Balaban J connectivity index is 1.46. The Morgan fingerprint density at radius 3 is 1.56 bits per heavy atom. The molecule has 0 atom stereocenters. The van der Waals surface area contributed by atoms with Crippen LogP contribution < -0.4 is 0 Å². The summed E-state index contributed by atoms with van der Waals surface area (Å²) in [6.45, 7) is 13.8. The average molecular weight is 621 g/mol. The smallest absolute Gasteiger partial charge is 0.0620 e. The van der Waals surface area contributed by atoms with Gasteiger partial charge in [-0.15, -0.1) is 0 Å². The topological polar surface area (TPSA) is 9.86 Å². The summed E-state index contributed by atoms with van der Waals surface area (Å²) < 4.78 is 5.13. The minimum atomic E-state index is 0.288. The molecule has 9 aromatic rings. The monoisotopic (exact) mass is 620 g/mol. The lowest BCUT2D eigenvalue weighted by Gasteiger charge is -2.19. The molecule has 0 saturated carbocycles. The molecule has 48 heavy (non-hydrogen) atoms. The SMILES string of the molecule is Cc1cc(-n2c3cc4ccccc4cc3c3cccc(-c4cccc5c6cc7ccccc7cc6n(C(C)C)c45)c32)c(C)cc1C(C)C. The summed E-state index contributed by atoms with van der Waals surface area (Å²) in [5, 5.41) is 10.3. The molecule has 0 unspecified atom stereocenters. The molecule has 0 fully saturated rings. The summed E-state index contributed by atoms with van der Waals surface area (Å²) in [5.74, 6) is 0.475. The first kappa shape index (κ1) is 28.8. The number of rotatable bonds is 4. The Morgan fingerprint density at radius 2 is 0.979 bits per heavy atom. The van der Waals surface area contributed by atoms with Gasteiger partial charge in [0.15, 0.2) is 0 Å². The molecule has 0 aliphatic heterocycles. The van der Waals surface area contributed by atoms with Crippen molar-refractivity contribution in [3.8, 4) is 16.8 Å². The second-order valence-electron chi connectivity index (χ2n) is 14.3. The van der Waals surface area contributed by atoms with Crippen molar-refractivity contribution in [2.45, 2.75) is 53.5 Å². The molecule has 2 heteroatoms. The van der Waals surface area contributed by atoms with Crippen LogP contribution in [0.2, 0.25) is 0 Å². The highest BCUT2D eigenvalue weighted by Crippen LogP contribution is 2.45. The molecule has 234 valence electrons. The van der Waals surface area contributed by atoms with E-state index >= 15 is 0 Å². The van der Waals surface area contributed by atoms with Gasteiger partial charge in [0.2, 0.25) is 0 Å². The van der Waals surface area contributed by atoms with Crippen LogP contribution in [0.15, 0.2) is 121 Å². The third kappa shape index (κ3) is 4.12. The van der Waals surface area contributed by atoms with Gasteiger partial charge in [-0.2, -0.15) is 0 Å². The van der Waals surface area contributed by atoms with E-state index in [1.165, 1.54) is 98.7 Å². The Bertz CT molecular complexity index is 2750. The number of nitrogens with zero attached hydrogens (tertiary/aromatic N) is 2. The Labute approximate surface area is 281 Å². The minimum absolute atomic E-state index is 0.288. The van der Waals surface area contributed by atoms with E-state index in [1.807, 2.05) is 0 Å². The highest BCUT2D eigenvalue weighted by atomic mass is 15.0. The first-order chi connectivity index (χ1) is 23.3. The lowest BCUT2D eigenvalue weighted by atomic mass is 9.94. The van der Waals surface area contributed by atoms with Gasteiger partial charge in [-0.3, -0.25) is 0 Å². The third-order valence-corrected chi connectivity index (χ3v) is 10.6. The van der Waals surface area contributed by atoms with E-state index in [4.69, 9.17) is 0 Å². The summed E-state index contributed by atoms with van der Waals surface area (Å²) in [5.41, 5.74) is 13.0. The highest BCUT2D eigenvalue weighted by Gasteiger charge is 2.23. The maximum atomic E-state index is 2.57. The second kappa shape index (κ2) is 10.6. The molecule has 9 rings (SSSR count). The van der Waals surface area contributed by atoms with Crippen LogP contribution >= 0.6 is 0 Å². The van der Waals surface area contributed by atoms with E-state index in [-0.39, 0.29) is 6.04 Å². The number of aryl methyl sites for hydroxylation is 2. The highest BCUT2D eigenvalue weighted by molar-refractivity contribution is 6.21. The van der Waals surface area contributed by atoms with Gasteiger partial charge >= 0.3 is 0 Å². The number of para-hydroxylation sites is 2. The van der Waals surface area contributed by atoms with Crippen molar-refractivity contribution in [1.29, 1.82) is 0 Å². The molecular formula is C46H40N2. The largest absolute Gasteiger partial charge is 0.337 e. The summed E-state index contributed by atoms with van der Waals surface area (Å²) in [6.07, 6.45) is 0. The van der Waals surface area contributed by atoms with Gasteiger partial charge in [-0.1, -0.05) is 105 Å². The van der Waals surface area contributed by atoms with Crippen LogP contribution in [-0.2, 0) is 0 Å². The Kier molecular flexibility index (Phi) is 6.36. The van der Waals surface area contributed by atoms with E-state index < -0.39 is 0 Å². The van der Waals surface area contributed by atoms with E-state index in [0.717, 1.165) is 0 Å². The molecule has 0 aliphatic carbocycles. The molecule has 0 bridgehead atoms. The zero-order chi connectivity index (χ0) is 32.8. The van der Waals surface area contributed by atoms with Gasteiger partial charge in [0, 0.05) is 49.9 Å². The summed E-state index contributed by atoms with van der Waals surface area (Å²) >= 11 is 0. The lowest BCUT2D eigenvalue weighted by molar-refractivity contribution is 0.643. The molecule has 2 nitrogen and oxygen atoms in total. The average Bonchev–Trinajstić information content (AvgIpc) is 3.59. The van der Waals surface area contributed by atoms with Crippen molar-refractivity contribution in [2.24, 2.45) is 0 Å².